The molecule has 0 saturated carbocycles. The Hall–Kier alpha value is -4.28. The Morgan fingerprint density at radius 1 is 0.429 bits per heavy atom. The van der Waals surface area contributed by atoms with Crippen LogP contribution in [0.4, 0.5) is 0 Å². The first-order chi connectivity index (χ1) is 20.8. The molecule has 7 rings (SSSR count). The molecule has 1 aromatic heterocycles. The molecule has 0 amide bonds. The van der Waals surface area contributed by atoms with Crippen molar-refractivity contribution in [2.75, 3.05) is 0 Å². The van der Waals surface area contributed by atoms with E-state index in [4.69, 9.17) is 0 Å². The summed E-state index contributed by atoms with van der Waals surface area (Å²) in [5.74, 6) is 0. The Labute approximate surface area is 250 Å². The number of para-hydroxylation sites is 1. The maximum absolute atomic E-state index is 2.57. The van der Waals surface area contributed by atoms with Gasteiger partial charge in [0.05, 0.1) is 16.6 Å². The molecule has 3 heteroatoms. The van der Waals surface area contributed by atoms with Gasteiger partial charge in [0.15, 0.2) is 0 Å². The number of benzene rings is 6. The fraction of sp³-hybridized carbons (Fsp3) is 0.0256. The van der Waals surface area contributed by atoms with Crippen LogP contribution >= 0.6 is 15.8 Å². The zero-order valence-corrected chi connectivity index (χ0v) is 25.3. The lowest BCUT2D eigenvalue weighted by Crippen LogP contribution is -2.30. The van der Waals surface area contributed by atoms with Gasteiger partial charge in [0.2, 0.25) is 0 Å². The van der Waals surface area contributed by atoms with Crippen LogP contribution in [0.3, 0.4) is 0 Å². The molecule has 0 aliphatic rings. The lowest BCUT2D eigenvalue weighted by atomic mass is 10.2. The van der Waals surface area contributed by atoms with Crippen molar-refractivity contribution < 1.29 is 0 Å². The van der Waals surface area contributed by atoms with Gasteiger partial charge in [-0.15, -0.1) is 0 Å². The van der Waals surface area contributed by atoms with Gasteiger partial charge in [0, 0.05) is 18.6 Å². The third kappa shape index (κ3) is 5.12. The van der Waals surface area contributed by atoms with Gasteiger partial charge >= 0.3 is 0 Å². The predicted octanol–water partition coefficient (Wildman–Crippen LogP) is 7.46. The minimum Gasteiger partial charge on any atom is -0.308 e. The highest BCUT2D eigenvalue weighted by atomic mass is 31.1. The summed E-state index contributed by atoms with van der Waals surface area (Å²) in [6, 6.07) is 62.5. The normalized spacial score (nSPS) is 11.4. The number of rotatable bonds is 7. The van der Waals surface area contributed by atoms with Gasteiger partial charge in [-0.2, -0.15) is 0 Å². The van der Waals surface area contributed by atoms with E-state index in [-0.39, 0.29) is 0 Å². The summed E-state index contributed by atoms with van der Waals surface area (Å²) < 4.78 is 2.57. The van der Waals surface area contributed by atoms with Crippen molar-refractivity contribution in [3.63, 3.8) is 0 Å². The summed E-state index contributed by atoms with van der Waals surface area (Å²) in [5.41, 5.74) is 5.12. The van der Waals surface area contributed by atoms with Crippen molar-refractivity contribution in [1.29, 1.82) is 0 Å². The molecule has 6 aromatic carbocycles. The van der Waals surface area contributed by atoms with Gasteiger partial charge < -0.3 is 4.57 Å². The summed E-state index contributed by atoms with van der Waals surface area (Å²) in [6.45, 7) is 2.21. The van der Waals surface area contributed by atoms with Crippen molar-refractivity contribution in [2.24, 2.45) is 0 Å². The number of fused-ring (bicyclic) bond motifs is 1. The molecule has 0 aliphatic heterocycles. The number of aryl methyl sites for hydroxylation is 1. The van der Waals surface area contributed by atoms with Crippen molar-refractivity contribution in [3.05, 3.63) is 175 Å². The predicted molar refractivity (Wildman–Crippen MR) is 185 cm³/mol. The molecule has 202 valence electrons. The van der Waals surface area contributed by atoms with E-state index in [2.05, 4.69) is 181 Å². The molecule has 0 aliphatic carbocycles. The Kier molecular flexibility index (Phi) is 7.55. The lowest BCUT2D eigenvalue weighted by molar-refractivity contribution is 1.18. The molecule has 0 spiro atoms. The molecule has 7 aromatic rings. The Balaban J connectivity index is 1.55. The van der Waals surface area contributed by atoms with Crippen LogP contribution in [0.2, 0.25) is 0 Å². The van der Waals surface area contributed by atoms with E-state index < -0.39 is 15.8 Å². The summed E-state index contributed by atoms with van der Waals surface area (Å²) in [5, 5.41) is 8.06. The molecule has 1 heterocycles. The van der Waals surface area contributed by atoms with E-state index in [1.807, 2.05) is 0 Å². The van der Waals surface area contributed by atoms with E-state index in [9.17, 15) is 0 Å². The average Bonchev–Trinajstić information content (AvgIpc) is 3.42. The molecule has 0 N–H and O–H groups in total. The molecule has 0 fully saturated rings. The molecular formula is C39H31NP2. The highest BCUT2D eigenvalue weighted by Gasteiger charge is 2.26. The van der Waals surface area contributed by atoms with Crippen LogP contribution in [0.15, 0.2) is 170 Å². The summed E-state index contributed by atoms with van der Waals surface area (Å²) in [4.78, 5) is 0. The van der Waals surface area contributed by atoms with Gasteiger partial charge in [-0.1, -0.05) is 151 Å². The van der Waals surface area contributed by atoms with Crippen LogP contribution in [0.5, 0.6) is 0 Å². The maximum atomic E-state index is 2.57. The second-order valence-corrected chi connectivity index (χ2v) is 14.7. The van der Waals surface area contributed by atoms with Gasteiger partial charge in [-0.25, -0.2) is 0 Å². The first-order valence-electron chi connectivity index (χ1n) is 14.3. The first-order valence-corrected chi connectivity index (χ1v) is 17.0. The highest BCUT2D eigenvalue weighted by molar-refractivity contribution is 7.80. The smallest absolute Gasteiger partial charge is 0.0562 e. The van der Waals surface area contributed by atoms with E-state index in [0.717, 1.165) is 0 Å². The third-order valence-electron chi connectivity index (χ3n) is 7.59. The van der Waals surface area contributed by atoms with Crippen LogP contribution < -0.4 is 32.0 Å². The summed E-state index contributed by atoms with van der Waals surface area (Å²) >= 11 is 0. The van der Waals surface area contributed by atoms with Gasteiger partial charge in [-0.05, 0) is 60.3 Å². The summed E-state index contributed by atoms with van der Waals surface area (Å²) in [6.07, 6.45) is 0. The first kappa shape index (κ1) is 26.6. The van der Waals surface area contributed by atoms with Crippen LogP contribution in [0.25, 0.3) is 16.6 Å². The van der Waals surface area contributed by atoms with E-state index >= 15 is 0 Å². The van der Waals surface area contributed by atoms with E-state index in [1.165, 1.54) is 54.1 Å². The van der Waals surface area contributed by atoms with Crippen LogP contribution in [-0.4, -0.2) is 4.57 Å². The second kappa shape index (κ2) is 11.9. The summed E-state index contributed by atoms with van der Waals surface area (Å²) in [7, 11) is -1.61. The van der Waals surface area contributed by atoms with Crippen molar-refractivity contribution in [2.45, 2.75) is 6.92 Å². The van der Waals surface area contributed by atoms with Crippen LogP contribution in [0, 0.1) is 6.92 Å². The average molecular weight is 576 g/mol. The quantitative estimate of drug-likeness (QED) is 0.174. The Bertz CT molecular complexity index is 1850. The second-order valence-electron chi connectivity index (χ2n) is 10.4. The fourth-order valence-electron chi connectivity index (χ4n) is 5.71. The molecule has 1 nitrogen and oxygen atoms in total. The van der Waals surface area contributed by atoms with Crippen LogP contribution in [-0.2, 0) is 0 Å². The molecule has 0 atom stereocenters. The largest absolute Gasteiger partial charge is 0.308 e. The number of aromatic nitrogens is 1. The van der Waals surface area contributed by atoms with Gasteiger partial charge in [0.25, 0.3) is 0 Å². The Morgan fingerprint density at radius 3 is 1.40 bits per heavy atom. The van der Waals surface area contributed by atoms with Crippen molar-refractivity contribution in [1.82, 2.24) is 4.57 Å². The molecular weight excluding hydrogens is 544 g/mol. The van der Waals surface area contributed by atoms with E-state index in [1.54, 1.807) is 0 Å². The maximum Gasteiger partial charge on any atom is 0.0562 e. The Morgan fingerprint density at radius 2 is 0.881 bits per heavy atom. The fourth-order valence-corrected chi connectivity index (χ4v) is 10.7. The molecule has 0 saturated heterocycles. The topological polar surface area (TPSA) is 4.93 Å². The molecule has 0 unspecified atom stereocenters. The van der Waals surface area contributed by atoms with Crippen molar-refractivity contribution in [3.8, 4) is 5.69 Å². The minimum atomic E-state index is -0.815. The van der Waals surface area contributed by atoms with E-state index in [0.29, 0.717) is 0 Å². The zero-order chi connectivity index (χ0) is 28.3. The lowest BCUT2D eigenvalue weighted by Gasteiger charge is -2.27. The standard InChI is InChI=1S/C39H31NP2/c1-30-26-27-37(38(28-30)41(32-17-6-2-7-18-32)33-19-8-3-9-20-33)40-36-25-15-14-16-31(36)29-39(40)42(34-21-10-4-11-22-34)35-23-12-5-13-24-35/h2-29H,1H3. The monoisotopic (exact) mass is 575 g/mol. The molecule has 42 heavy (non-hydrogen) atoms. The third-order valence-corrected chi connectivity index (χ3v) is 12.5. The van der Waals surface area contributed by atoms with Crippen LogP contribution in [0.1, 0.15) is 5.56 Å². The molecule has 0 bridgehead atoms. The number of nitrogens with zero attached hydrogens (tertiary/aromatic N) is 1. The number of hydrogen-bond donors (Lipinski definition) is 0. The minimum absolute atomic E-state index is 0.797. The molecule has 0 radical (unpaired) electrons. The SMILES string of the molecule is Cc1ccc(-n2c(P(c3ccccc3)c3ccccc3)cc3ccccc32)c(P(c2ccccc2)c2ccccc2)c1. The van der Waals surface area contributed by atoms with Crippen molar-refractivity contribution >= 4 is 58.7 Å². The number of hydrogen-bond acceptors (Lipinski definition) is 0. The highest BCUT2D eigenvalue weighted by Crippen LogP contribution is 2.40. The van der Waals surface area contributed by atoms with Gasteiger partial charge in [0.1, 0.15) is 0 Å². The zero-order valence-electron chi connectivity index (χ0n) is 23.5. The van der Waals surface area contributed by atoms with Gasteiger partial charge in [-0.3, -0.25) is 0 Å².